The summed E-state index contributed by atoms with van der Waals surface area (Å²) in [5, 5.41) is 40.5. The molecule has 80 valence electrons. The van der Waals surface area contributed by atoms with Crippen LogP contribution in [0.1, 0.15) is 38.5 Å². The Kier molecular flexibility index (Phi) is 1.31. The van der Waals surface area contributed by atoms with Crippen molar-refractivity contribution >= 4 is 0 Å². The number of rotatable bonds is 0. The standard InChI is InChI=1S/C10H16O4/c11-7-1-8(12)4-9(13,2-7)6-10(14,3-7)5-8/h11-14H,1-6H2. The average molecular weight is 200 g/mol. The minimum atomic E-state index is -1.06. The Morgan fingerprint density at radius 1 is 0.429 bits per heavy atom. The van der Waals surface area contributed by atoms with Crippen LogP contribution in [0.5, 0.6) is 0 Å². The molecular weight excluding hydrogens is 184 g/mol. The Bertz CT molecular complexity index is 205. The van der Waals surface area contributed by atoms with Crippen molar-refractivity contribution in [2.75, 3.05) is 0 Å². The minimum Gasteiger partial charge on any atom is -0.390 e. The molecule has 0 aromatic rings. The highest BCUT2D eigenvalue weighted by molar-refractivity contribution is 5.20. The van der Waals surface area contributed by atoms with E-state index in [0.29, 0.717) is 38.5 Å². The molecule has 4 aliphatic carbocycles. The summed E-state index contributed by atoms with van der Waals surface area (Å²) in [6.45, 7) is 0. The van der Waals surface area contributed by atoms with Gasteiger partial charge in [-0.25, -0.2) is 0 Å². The van der Waals surface area contributed by atoms with Gasteiger partial charge in [-0.2, -0.15) is 0 Å². The van der Waals surface area contributed by atoms with Crippen LogP contribution in [0.25, 0.3) is 0 Å². The summed E-state index contributed by atoms with van der Waals surface area (Å²) in [6, 6.07) is 0. The predicted octanol–water partition coefficient (Wildman–Crippen LogP) is -0.708. The third-order valence-corrected chi connectivity index (χ3v) is 3.95. The van der Waals surface area contributed by atoms with E-state index in [1.807, 2.05) is 0 Å². The molecule has 4 heteroatoms. The van der Waals surface area contributed by atoms with Crippen molar-refractivity contribution in [2.24, 2.45) is 0 Å². The Morgan fingerprint density at radius 3 is 0.714 bits per heavy atom. The molecule has 0 aromatic carbocycles. The molecule has 0 spiro atoms. The van der Waals surface area contributed by atoms with E-state index in [9.17, 15) is 20.4 Å². The lowest BCUT2D eigenvalue weighted by Crippen LogP contribution is -2.71. The Balaban J connectivity index is 2.08. The maximum absolute atomic E-state index is 10.1. The second-order valence-electron chi connectivity index (χ2n) is 5.96. The van der Waals surface area contributed by atoms with Gasteiger partial charge in [0.25, 0.3) is 0 Å². The van der Waals surface area contributed by atoms with Crippen LogP contribution in [0.15, 0.2) is 0 Å². The molecule has 0 aliphatic heterocycles. The minimum absolute atomic E-state index is 0.296. The Morgan fingerprint density at radius 2 is 0.571 bits per heavy atom. The second-order valence-corrected chi connectivity index (χ2v) is 5.96. The molecule has 4 rings (SSSR count). The molecule has 0 unspecified atom stereocenters. The van der Waals surface area contributed by atoms with Crippen LogP contribution in [-0.2, 0) is 0 Å². The molecule has 4 N–H and O–H groups in total. The SMILES string of the molecule is OC12CC3(O)CC(O)(C1)CC(O)(C2)C3. The summed E-state index contributed by atoms with van der Waals surface area (Å²) in [7, 11) is 0. The lowest BCUT2D eigenvalue weighted by Gasteiger charge is -2.64. The summed E-state index contributed by atoms with van der Waals surface area (Å²) < 4.78 is 0. The Hall–Kier alpha value is -0.160. The molecule has 0 amide bonds. The van der Waals surface area contributed by atoms with Crippen LogP contribution in [0, 0.1) is 0 Å². The lowest BCUT2D eigenvalue weighted by molar-refractivity contribution is -0.297. The van der Waals surface area contributed by atoms with Crippen LogP contribution in [-0.4, -0.2) is 42.8 Å². The van der Waals surface area contributed by atoms with Crippen LogP contribution in [0.4, 0.5) is 0 Å². The van der Waals surface area contributed by atoms with Gasteiger partial charge in [-0.3, -0.25) is 0 Å². The largest absolute Gasteiger partial charge is 0.390 e. The van der Waals surface area contributed by atoms with Gasteiger partial charge < -0.3 is 20.4 Å². The molecule has 4 nitrogen and oxygen atoms in total. The van der Waals surface area contributed by atoms with Gasteiger partial charge >= 0.3 is 0 Å². The third-order valence-electron chi connectivity index (χ3n) is 3.95. The first-order valence-corrected chi connectivity index (χ1v) is 5.14. The van der Waals surface area contributed by atoms with E-state index in [-0.39, 0.29) is 0 Å². The van der Waals surface area contributed by atoms with Gasteiger partial charge in [0.05, 0.1) is 22.4 Å². The van der Waals surface area contributed by atoms with E-state index >= 15 is 0 Å². The molecule has 4 fully saturated rings. The van der Waals surface area contributed by atoms with E-state index in [1.54, 1.807) is 0 Å². The zero-order chi connectivity index (χ0) is 10.2. The normalized spacial score (nSPS) is 66.0. The van der Waals surface area contributed by atoms with Gasteiger partial charge in [-0.15, -0.1) is 0 Å². The van der Waals surface area contributed by atoms with Crippen molar-refractivity contribution in [3.05, 3.63) is 0 Å². The fourth-order valence-electron chi connectivity index (χ4n) is 4.43. The van der Waals surface area contributed by atoms with Gasteiger partial charge in [-0.05, 0) is 0 Å². The lowest BCUT2D eigenvalue weighted by atomic mass is 9.49. The van der Waals surface area contributed by atoms with Crippen LogP contribution in [0.2, 0.25) is 0 Å². The van der Waals surface area contributed by atoms with E-state index < -0.39 is 22.4 Å². The van der Waals surface area contributed by atoms with Crippen molar-refractivity contribution < 1.29 is 20.4 Å². The first kappa shape index (κ1) is 9.09. The number of aliphatic hydroxyl groups is 4. The van der Waals surface area contributed by atoms with E-state index in [2.05, 4.69) is 0 Å². The topological polar surface area (TPSA) is 80.9 Å². The monoisotopic (exact) mass is 200 g/mol. The van der Waals surface area contributed by atoms with Gasteiger partial charge in [-0.1, -0.05) is 0 Å². The summed E-state index contributed by atoms with van der Waals surface area (Å²) in [4.78, 5) is 0. The maximum atomic E-state index is 10.1. The first-order valence-electron chi connectivity index (χ1n) is 5.14. The molecule has 0 atom stereocenters. The van der Waals surface area contributed by atoms with Crippen molar-refractivity contribution in [1.82, 2.24) is 0 Å². The van der Waals surface area contributed by atoms with Crippen LogP contribution >= 0.6 is 0 Å². The highest BCUT2D eigenvalue weighted by Gasteiger charge is 2.67. The smallest absolute Gasteiger partial charge is 0.0729 e. The van der Waals surface area contributed by atoms with E-state index in [1.165, 1.54) is 0 Å². The molecule has 0 radical (unpaired) electrons. The zero-order valence-electron chi connectivity index (χ0n) is 8.03. The van der Waals surface area contributed by atoms with Crippen molar-refractivity contribution in [3.63, 3.8) is 0 Å². The third kappa shape index (κ3) is 1.08. The quantitative estimate of drug-likeness (QED) is 0.416. The van der Waals surface area contributed by atoms with Gasteiger partial charge in [0, 0.05) is 38.5 Å². The van der Waals surface area contributed by atoms with Gasteiger partial charge in [0.15, 0.2) is 0 Å². The summed E-state index contributed by atoms with van der Waals surface area (Å²) >= 11 is 0. The summed E-state index contributed by atoms with van der Waals surface area (Å²) in [6.07, 6.45) is 1.78. The van der Waals surface area contributed by atoms with Crippen LogP contribution in [0.3, 0.4) is 0 Å². The molecule has 4 aliphatic rings. The number of hydrogen-bond acceptors (Lipinski definition) is 4. The van der Waals surface area contributed by atoms with E-state index in [4.69, 9.17) is 0 Å². The highest BCUT2D eigenvalue weighted by Crippen LogP contribution is 2.60. The van der Waals surface area contributed by atoms with Gasteiger partial charge in [0.1, 0.15) is 0 Å². The van der Waals surface area contributed by atoms with Crippen molar-refractivity contribution in [3.8, 4) is 0 Å². The molecule has 4 saturated carbocycles. The molecular formula is C10H16O4. The second kappa shape index (κ2) is 2.02. The van der Waals surface area contributed by atoms with Crippen molar-refractivity contribution in [1.29, 1.82) is 0 Å². The van der Waals surface area contributed by atoms with Gasteiger partial charge in [0.2, 0.25) is 0 Å². The Labute approximate surface area is 82.2 Å². The average Bonchev–Trinajstić information content (AvgIpc) is 1.67. The molecule has 4 bridgehead atoms. The number of hydrogen-bond donors (Lipinski definition) is 4. The molecule has 0 heterocycles. The van der Waals surface area contributed by atoms with Crippen LogP contribution < -0.4 is 0 Å². The summed E-state index contributed by atoms with van der Waals surface area (Å²) in [5.74, 6) is 0. The molecule has 14 heavy (non-hydrogen) atoms. The molecule has 0 aromatic heterocycles. The highest BCUT2D eigenvalue weighted by atomic mass is 16.3. The predicted molar refractivity (Wildman–Crippen MR) is 47.5 cm³/mol. The first-order chi connectivity index (χ1) is 6.24. The van der Waals surface area contributed by atoms with E-state index in [0.717, 1.165) is 0 Å². The molecule has 0 saturated heterocycles. The summed E-state index contributed by atoms with van der Waals surface area (Å²) in [5.41, 5.74) is -4.25. The maximum Gasteiger partial charge on any atom is 0.0729 e. The zero-order valence-corrected chi connectivity index (χ0v) is 8.03. The fourth-order valence-corrected chi connectivity index (χ4v) is 4.43. The van der Waals surface area contributed by atoms with Crippen molar-refractivity contribution in [2.45, 2.75) is 60.9 Å². The fraction of sp³-hybridized carbons (Fsp3) is 1.00.